The molecule has 0 saturated heterocycles. The quantitative estimate of drug-likeness (QED) is 0.516. The Balaban J connectivity index is 1.45. The van der Waals surface area contributed by atoms with Crippen molar-refractivity contribution in [3.63, 3.8) is 0 Å². The van der Waals surface area contributed by atoms with Crippen LogP contribution in [0.1, 0.15) is 30.4 Å². The minimum Gasteiger partial charge on any atom is -0.417 e. The Hall–Kier alpha value is -3.71. The van der Waals surface area contributed by atoms with Gasteiger partial charge in [-0.15, -0.1) is 0 Å². The molecular formula is C21H20FN5O6S. The van der Waals surface area contributed by atoms with Crippen LogP contribution < -0.4 is 18.9 Å². The number of oxazole rings is 1. The number of ether oxygens (including phenoxy) is 2. The summed E-state index contributed by atoms with van der Waals surface area (Å²) in [5.41, 5.74) is 0.204. The van der Waals surface area contributed by atoms with E-state index in [0.717, 1.165) is 12.0 Å². The van der Waals surface area contributed by atoms with Gasteiger partial charge >= 0.3 is 12.2 Å². The lowest BCUT2D eigenvalue weighted by Crippen LogP contribution is -2.57. The average Bonchev–Trinajstić information content (AvgIpc) is 3.28. The van der Waals surface area contributed by atoms with E-state index < -0.39 is 33.5 Å². The number of pyridine rings is 1. The predicted molar refractivity (Wildman–Crippen MR) is 116 cm³/mol. The molecule has 3 aromatic rings. The summed E-state index contributed by atoms with van der Waals surface area (Å²) in [6.45, 7) is -0.129. The maximum absolute atomic E-state index is 15.1. The number of carbonyl (C=O) groups excluding carboxylic acids is 1. The Morgan fingerprint density at radius 1 is 1.24 bits per heavy atom. The normalized spacial score (nSPS) is 16.5. The third-order valence-electron chi connectivity index (χ3n) is 5.98. The fraction of sp³-hybridized carbons (Fsp3) is 0.286. The lowest BCUT2D eigenvalue weighted by molar-refractivity contribution is 0.00111. The zero-order valence-electron chi connectivity index (χ0n) is 17.9. The Labute approximate surface area is 194 Å². The summed E-state index contributed by atoms with van der Waals surface area (Å²) in [6.07, 6.45) is 5.72. The van der Waals surface area contributed by atoms with Crippen molar-refractivity contribution >= 4 is 22.1 Å². The van der Waals surface area contributed by atoms with Gasteiger partial charge in [0.1, 0.15) is 17.8 Å². The van der Waals surface area contributed by atoms with Crippen LogP contribution in [0.2, 0.25) is 0 Å². The first-order valence-electron chi connectivity index (χ1n) is 10.4. The van der Waals surface area contributed by atoms with Crippen LogP contribution in [0.15, 0.2) is 47.3 Å². The lowest BCUT2D eigenvalue weighted by atomic mass is 9.69. The van der Waals surface area contributed by atoms with Crippen molar-refractivity contribution in [2.45, 2.75) is 31.3 Å². The molecule has 5 rings (SSSR count). The van der Waals surface area contributed by atoms with Crippen LogP contribution >= 0.6 is 0 Å². The molecule has 0 atom stereocenters. The van der Waals surface area contributed by atoms with Crippen molar-refractivity contribution in [2.24, 2.45) is 0 Å². The number of halogens is 1. The van der Waals surface area contributed by atoms with Crippen molar-refractivity contribution in [3.8, 4) is 17.6 Å². The van der Waals surface area contributed by atoms with Gasteiger partial charge in [0.2, 0.25) is 0 Å². The molecule has 0 radical (unpaired) electrons. The van der Waals surface area contributed by atoms with Gasteiger partial charge in [0, 0.05) is 30.4 Å². The van der Waals surface area contributed by atoms with Crippen molar-refractivity contribution in [1.82, 2.24) is 19.6 Å². The molecule has 3 heterocycles. The van der Waals surface area contributed by atoms with Crippen molar-refractivity contribution in [2.75, 3.05) is 11.8 Å². The van der Waals surface area contributed by atoms with Gasteiger partial charge in [-0.3, -0.25) is 9.62 Å². The molecule has 1 spiro atoms. The summed E-state index contributed by atoms with van der Waals surface area (Å²) < 4.78 is 58.9. The first-order chi connectivity index (χ1) is 16.3. The Morgan fingerprint density at radius 2 is 2.06 bits per heavy atom. The molecule has 13 heteroatoms. The summed E-state index contributed by atoms with van der Waals surface area (Å²) >= 11 is 0. The van der Waals surface area contributed by atoms with Crippen LogP contribution in [0.4, 0.5) is 15.0 Å². The van der Waals surface area contributed by atoms with Gasteiger partial charge in [-0.05, 0) is 37.5 Å². The summed E-state index contributed by atoms with van der Waals surface area (Å²) in [7, 11) is -2.78. The number of hydrogen-bond acceptors (Lipinski definition) is 8. The summed E-state index contributed by atoms with van der Waals surface area (Å²) in [4.78, 5) is 22.2. The Morgan fingerprint density at radius 3 is 2.74 bits per heavy atom. The number of rotatable bonds is 7. The zero-order valence-corrected chi connectivity index (χ0v) is 18.8. The third-order valence-corrected chi connectivity index (χ3v) is 6.98. The predicted octanol–water partition coefficient (Wildman–Crippen LogP) is 3.27. The topological polar surface area (TPSA) is 136 Å². The molecule has 1 saturated carbocycles. The van der Waals surface area contributed by atoms with Crippen LogP contribution in [-0.2, 0) is 22.3 Å². The molecule has 0 unspecified atom stereocenters. The number of hydrogen-bond donors (Lipinski definition) is 2. The monoisotopic (exact) mass is 489 g/mol. The molecular weight excluding hydrogens is 469 g/mol. The standard InChI is InChI=1S/C21H20FN5O6S/c1-23-34(29,30)26-18-17(22)13(5-8-24-18)12-27-20(28)33-16-11-14(32-19-25-9-10-31-19)3-4-15(16)21(27)6-2-7-21/h3-5,8-11,23H,2,6-7,12H2,1H3,(H,24,26). The smallest absolute Gasteiger partial charge is 0.416 e. The van der Waals surface area contributed by atoms with Crippen molar-refractivity contribution in [3.05, 3.63) is 59.9 Å². The minimum atomic E-state index is -3.97. The number of fused-ring (bicyclic) bond motifs is 2. The highest BCUT2D eigenvalue weighted by Crippen LogP contribution is 2.53. The molecule has 2 aromatic heterocycles. The van der Waals surface area contributed by atoms with Crippen LogP contribution in [0, 0.1) is 5.82 Å². The molecule has 1 aliphatic heterocycles. The van der Waals surface area contributed by atoms with E-state index in [1.807, 2.05) is 15.5 Å². The van der Waals surface area contributed by atoms with Crippen LogP contribution in [-0.4, -0.2) is 36.4 Å². The van der Waals surface area contributed by atoms with Gasteiger partial charge in [-0.1, -0.05) is 0 Å². The summed E-state index contributed by atoms with van der Waals surface area (Å²) in [5, 5.41) is 0. The second-order valence-corrected chi connectivity index (χ2v) is 9.46. The van der Waals surface area contributed by atoms with E-state index in [0.29, 0.717) is 24.3 Å². The van der Waals surface area contributed by atoms with E-state index >= 15 is 4.39 Å². The van der Waals surface area contributed by atoms with E-state index in [1.54, 1.807) is 12.1 Å². The largest absolute Gasteiger partial charge is 0.417 e. The summed E-state index contributed by atoms with van der Waals surface area (Å²) in [5.74, 6) is -0.598. The SMILES string of the molecule is CNS(=O)(=O)Nc1nccc(CN2C(=O)Oc3cc(Oc4ncco4)ccc3C23CCC3)c1F. The van der Waals surface area contributed by atoms with E-state index in [4.69, 9.17) is 13.9 Å². The zero-order chi connectivity index (χ0) is 23.9. The molecule has 1 amide bonds. The Kier molecular flexibility index (Phi) is 5.37. The number of nitrogens with one attached hydrogen (secondary N) is 2. The average molecular weight is 489 g/mol. The van der Waals surface area contributed by atoms with Crippen molar-refractivity contribution in [1.29, 1.82) is 0 Å². The number of benzene rings is 1. The number of anilines is 1. The van der Waals surface area contributed by atoms with E-state index in [9.17, 15) is 13.2 Å². The van der Waals surface area contributed by atoms with Gasteiger partial charge in [0.15, 0.2) is 11.6 Å². The van der Waals surface area contributed by atoms with E-state index in [1.165, 1.54) is 36.7 Å². The van der Waals surface area contributed by atoms with Gasteiger partial charge < -0.3 is 13.9 Å². The number of nitrogens with zero attached hydrogens (tertiary/aromatic N) is 3. The highest BCUT2D eigenvalue weighted by molar-refractivity contribution is 7.90. The van der Waals surface area contributed by atoms with Gasteiger partial charge in [0.25, 0.3) is 10.2 Å². The molecule has 1 aliphatic carbocycles. The number of carbonyl (C=O) groups is 1. The van der Waals surface area contributed by atoms with E-state index in [2.05, 4.69) is 9.97 Å². The molecule has 0 bridgehead atoms. The van der Waals surface area contributed by atoms with Gasteiger partial charge in [-0.2, -0.15) is 13.4 Å². The molecule has 1 fully saturated rings. The molecule has 2 N–H and O–H groups in total. The minimum absolute atomic E-state index is 0.0555. The van der Waals surface area contributed by atoms with Gasteiger partial charge in [0.05, 0.1) is 18.3 Å². The maximum Gasteiger partial charge on any atom is 0.416 e. The van der Waals surface area contributed by atoms with Crippen LogP contribution in [0.5, 0.6) is 17.6 Å². The molecule has 1 aromatic carbocycles. The highest BCUT2D eigenvalue weighted by Gasteiger charge is 2.52. The molecule has 11 nitrogen and oxygen atoms in total. The van der Waals surface area contributed by atoms with Crippen LogP contribution in [0.3, 0.4) is 0 Å². The number of aromatic nitrogens is 2. The molecule has 178 valence electrons. The second kappa shape index (κ2) is 8.25. The summed E-state index contributed by atoms with van der Waals surface area (Å²) in [6, 6.07) is 6.52. The molecule has 2 aliphatic rings. The van der Waals surface area contributed by atoms with Crippen molar-refractivity contribution < 1.29 is 31.5 Å². The first-order valence-corrected chi connectivity index (χ1v) is 11.9. The van der Waals surface area contributed by atoms with Crippen LogP contribution in [0.25, 0.3) is 0 Å². The fourth-order valence-electron chi connectivity index (χ4n) is 4.16. The molecule has 34 heavy (non-hydrogen) atoms. The number of amides is 1. The maximum atomic E-state index is 15.1. The Bertz CT molecular complexity index is 1340. The van der Waals surface area contributed by atoms with Gasteiger partial charge in [-0.25, -0.2) is 18.9 Å². The van der Waals surface area contributed by atoms with E-state index in [-0.39, 0.29) is 18.2 Å². The lowest BCUT2D eigenvalue weighted by Gasteiger charge is -2.52. The first kappa shape index (κ1) is 22.1. The highest BCUT2D eigenvalue weighted by atomic mass is 32.2. The third kappa shape index (κ3) is 3.82. The second-order valence-electron chi connectivity index (χ2n) is 7.84. The fourth-order valence-corrected chi connectivity index (χ4v) is 4.66.